The van der Waals surface area contributed by atoms with Crippen molar-refractivity contribution in [3.05, 3.63) is 23.0 Å². The van der Waals surface area contributed by atoms with Crippen LogP contribution >= 0.6 is 0 Å². The Bertz CT molecular complexity index is 564. The average Bonchev–Trinajstić information content (AvgIpc) is 2.45. The molecule has 8 nitrogen and oxygen atoms in total. The molecule has 0 aromatic carbocycles. The number of carboxylic acids is 2. The number of nitrogens with zero attached hydrogens (tertiary/aromatic N) is 1. The van der Waals surface area contributed by atoms with Gasteiger partial charge in [-0.3, -0.25) is 4.79 Å². The maximum atomic E-state index is 11.0. The molecule has 1 aliphatic carbocycles. The molecule has 0 amide bonds. The topological polar surface area (TPSA) is 139 Å². The van der Waals surface area contributed by atoms with Crippen molar-refractivity contribution in [2.45, 2.75) is 32.3 Å². The van der Waals surface area contributed by atoms with Gasteiger partial charge >= 0.3 is 11.9 Å². The standard InChI is InChI=1S/C14H20N2O6/c1-3-9(13(20)21)16-11-5-14(22,7-17)4-10(8(11)2)15-6-12(18)19/h3,15,17,22H,4-7H2,1-2H3,(H,18,19)(H,20,21)/b9-3-,16-11+. The Morgan fingerprint density at radius 1 is 1.36 bits per heavy atom. The summed E-state index contributed by atoms with van der Waals surface area (Å²) >= 11 is 0. The van der Waals surface area contributed by atoms with Crippen molar-refractivity contribution in [3.63, 3.8) is 0 Å². The fourth-order valence-corrected chi connectivity index (χ4v) is 2.14. The van der Waals surface area contributed by atoms with Gasteiger partial charge in [-0.25, -0.2) is 9.79 Å². The van der Waals surface area contributed by atoms with Crippen LogP contribution in [0.15, 0.2) is 28.0 Å². The monoisotopic (exact) mass is 312 g/mol. The molecule has 1 rings (SSSR count). The highest BCUT2D eigenvalue weighted by Gasteiger charge is 2.35. The minimum atomic E-state index is -1.50. The van der Waals surface area contributed by atoms with Gasteiger partial charge in [0.05, 0.1) is 12.2 Å². The van der Waals surface area contributed by atoms with E-state index in [1.807, 2.05) is 0 Å². The van der Waals surface area contributed by atoms with Crippen molar-refractivity contribution in [3.8, 4) is 0 Å². The molecule has 5 N–H and O–H groups in total. The second-order valence-corrected chi connectivity index (χ2v) is 5.12. The lowest BCUT2D eigenvalue weighted by atomic mass is 9.82. The summed E-state index contributed by atoms with van der Waals surface area (Å²) in [4.78, 5) is 25.7. The van der Waals surface area contributed by atoms with Gasteiger partial charge in [0.15, 0.2) is 0 Å². The first-order valence-corrected chi connectivity index (χ1v) is 6.68. The zero-order valence-electron chi connectivity index (χ0n) is 12.5. The molecule has 0 heterocycles. The summed E-state index contributed by atoms with van der Waals surface area (Å²) in [6, 6.07) is 0. The van der Waals surface area contributed by atoms with Gasteiger partial charge < -0.3 is 25.7 Å². The molecule has 0 bridgehead atoms. The number of carbonyl (C=O) groups is 2. The van der Waals surface area contributed by atoms with Gasteiger partial charge in [-0.2, -0.15) is 0 Å². The quantitative estimate of drug-likeness (QED) is 0.431. The molecule has 0 radical (unpaired) electrons. The van der Waals surface area contributed by atoms with Crippen LogP contribution in [0.5, 0.6) is 0 Å². The lowest BCUT2D eigenvalue weighted by Gasteiger charge is -2.34. The van der Waals surface area contributed by atoms with Crippen molar-refractivity contribution in [2.24, 2.45) is 4.99 Å². The number of hydrogen-bond donors (Lipinski definition) is 5. The van der Waals surface area contributed by atoms with Crippen LogP contribution in [0.25, 0.3) is 0 Å². The molecule has 0 fully saturated rings. The summed E-state index contributed by atoms with van der Waals surface area (Å²) in [5.74, 6) is -2.28. The van der Waals surface area contributed by atoms with E-state index in [0.717, 1.165) is 0 Å². The average molecular weight is 312 g/mol. The van der Waals surface area contributed by atoms with Crippen LogP contribution in [0.3, 0.4) is 0 Å². The second kappa shape index (κ2) is 7.19. The second-order valence-electron chi connectivity index (χ2n) is 5.12. The molecule has 0 aromatic heterocycles. The highest BCUT2D eigenvalue weighted by Crippen LogP contribution is 2.30. The Kier molecular flexibility index (Phi) is 5.84. The van der Waals surface area contributed by atoms with E-state index in [0.29, 0.717) is 17.0 Å². The molecular weight excluding hydrogens is 292 g/mol. The van der Waals surface area contributed by atoms with Crippen LogP contribution in [-0.2, 0) is 9.59 Å². The first-order valence-electron chi connectivity index (χ1n) is 6.68. The van der Waals surface area contributed by atoms with E-state index >= 15 is 0 Å². The fraction of sp³-hybridized carbons (Fsp3) is 0.500. The highest BCUT2D eigenvalue weighted by atomic mass is 16.4. The van der Waals surface area contributed by atoms with Crippen LogP contribution in [0.4, 0.5) is 0 Å². The number of aliphatic hydroxyl groups excluding tert-OH is 1. The molecule has 0 aliphatic heterocycles. The van der Waals surface area contributed by atoms with Gasteiger partial charge in [0.2, 0.25) is 0 Å². The van der Waals surface area contributed by atoms with Crippen LogP contribution in [0.1, 0.15) is 26.7 Å². The third-order valence-corrected chi connectivity index (χ3v) is 3.38. The molecule has 0 aromatic rings. The van der Waals surface area contributed by atoms with Crippen molar-refractivity contribution in [1.82, 2.24) is 5.32 Å². The van der Waals surface area contributed by atoms with Crippen molar-refractivity contribution in [2.75, 3.05) is 13.2 Å². The Balaban J connectivity index is 3.23. The Morgan fingerprint density at radius 2 is 2.00 bits per heavy atom. The Hall–Kier alpha value is -2.19. The summed E-state index contributed by atoms with van der Waals surface area (Å²) < 4.78 is 0. The van der Waals surface area contributed by atoms with Crippen molar-refractivity contribution >= 4 is 17.7 Å². The number of aliphatic hydroxyl groups is 2. The molecule has 1 aliphatic rings. The summed E-state index contributed by atoms with van der Waals surface area (Å²) in [5.41, 5.74) is -0.402. The predicted molar refractivity (Wildman–Crippen MR) is 78.4 cm³/mol. The minimum absolute atomic E-state index is 0.0157. The summed E-state index contributed by atoms with van der Waals surface area (Å²) in [6.07, 6.45) is 1.34. The van der Waals surface area contributed by atoms with E-state index in [9.17, 15) is 19.8 Å². The fourth-order valence-electron chi connectivity index (χ4n) is 2.14. The molecule has 122 valence electrons. The first kappa shape index (κ1) is 17.9. The maximum absolute atomic E-state index is 11.0. The van der Waals surface area contributed by atoms with Gasteiger partial charge in [-0.05, 0) is 19.4 Å². The number of carboxylic acid groups (broad SMARTS) is 2. The molecule has 0 spiro atoms. The van der Waals surface area contributed by atoms with E-state index < -0.39 is 24.1 Å². The number of nitrogens with one attached hydrogen (secondary N) is 1. The maximum Gasteiger partial charge on any atom is 0.354 e. The van der Waals surface area contributed by atoms with Crippen LogP contribution in [-0.4, -0.2) is 56.8 Å². The normalized spacial score (nSPS) is 24.5. The summed E-state index contributed by atoms with van der Waals surface area (Å²) in [6.45, 7) is 2.29. The van der Waals surface area contributed by atoms with Crippen molar-refractivity contribution in [1.29, 1.82) is 0 Å². The van der Waals surface area contributed by atoms with E-state index in [1.165, 1.54) is 13.0 Å². The van der Waals surface area contributed by atoms with E-state index in [-0.39, 0.29) is 25.1 Å². The van der Waals surface area contributed by atoms with E-state index in [1.54, 1.807) is 6.92 Å². The Labute approximate surface area is 127 Å². The third-order valence-electron chi connectivity index (χ3n) is 3.38. The molecule has 1 unspecified atom stereocenters. The third kappa shape index (κ3) is 4.40. The molecule has 22 heavy (non-hydrogen) atoms. The van der Waals surface area contributed by atoms with Gasteiger partial charge in [0, 0.05) is 24.3 Å². The number of allylic oxidation sites excluding steroid dienone is 2. The lowest BCUT2D eigenvalue weighted by molar-refractivity contribution is -0.136. The van der Waals surface area contributed by atoms with Crippen LogP contribution in [0, 0.1) is 0 Å². The zero-order valence-corrected chi connectivity index (χ0v) is 12.5. The van der Waals surface area contributed by atoms with Crippen molar-refractivity contribution < 1.29 is 30.0 Å². The van der Waals surface area contributed by atoms with Crippen LogP contribution < -0.4 is 5.32 Å². The number of hydrogen-bond acceptors (Lipinski definition) is 6. The molecular formula is C14H20N2O6. The number of aliphatic imine (C=N–C) groups is 1. The smallest absolute Gasteiger partial charge is 0.354 e. The van der Waals surface area contributed by atoms with E-state index in [4.69, 9.17) is 10.2 Å². The highest BCUT2D eigenvalue weighted by molar-refractivity contribution is 6.04. The summed E-state index contributed by atoms with van der Waals surface area (Å²) in [7, 11) is 0. The predicted octanol–water partition coefficient (Wildman–Crippen LogP) is -0.119. The SMILES string of the molecule is C/C=C(\N=C1/CC(O)(CO)CC(NCC(=O)O)=C1C)C(=O)O. The zero-order chi connectivity index (χ0) is 16.9. The van der Waals surface area contributed by atoms with Gasteiger partial charge in [-0.15, -0.1) is 0 Å². The lowest BCUT2D eigenvalue weighted by Crippen LogP contribution is -2.43. The van der Waals surface area contributed by atoms with Gasteiger partial charge in [0.25, 0.3) is 0 Å². The minimum Gasteiger partial charge on any atom is -0.480 e. The number of aliphatic carboxylic acids is 2. The first-order chi connectivity index (χ1) is 10.2. The molecule has 8 heteroatoms. The van der Waals surface area contributed by atoms with Gasteiger partial charge in [0.1, 0.15) is 12.2 Å². The molecule has 1 atom stereocenters. The summed E-state index contributed by atoms with van der Waals surface area (Å²) in [5, 5.41) is 40.1. The Morgan fingerprint density at radius 3 is 2.45 bits per heavy atom. The van der Waals surface area contributed by atoms with Gasteiger partial charge in [-0.1, -0.05) is 6.08 Å². The number of rotatable bonds is 6. The van der Waals surface area contributed by atoms with Crippen LogP contribution in [0.2, 0.25) is 0 Å². The largest absolute Gasteiger partial charge is 0.480 e. The molecule has 0 saturated heterocycles. The van der Waals surface area contributed by atoms with E-state index in [2.05, 4.69) is 10.3 Å². The molecule has 0 saturated carbocycles.